The first kappa shape index (κ1) is 13.4. The van der Waals surface area contributed by atoms with Gasteiger partial charge >= 0.3 is 0 Å². The van der Waals surface area contributed by atoms with Crippen molar-refractivity contribution in [3.63, 3.8) is 0 Å². The minimum absolute atomic E-state index is 0.169. The summed E-state index contributed by atoms with van der Waals surface area (Å²) in [5.41, 5.74) is 1.54. The largest absolute Gasteiger partial charge is 0.494 e. The van der Waals surface area contributed by atoms with E-state index in [0.29, 0.717) is 18.6 Å². The molecule has 0 aromatic rings. The summed E-state index contributed by atoms with van der Waals surface area (Å²) in [7, 11) is 0. The molecule has 18 heavy (non-hydrogen) atoms. The van der Waals surface area contributed by atoms with E-state index in [4.69, 9.17) is 9.47 Å². The van der Waals surface area contributed by atoms with Crippen molar-refractivity contribution >= 4 is 0 Å². The van der Waals surface area contributed by atoms with Crippen molar-refractivity contribution in [1.82, 2.24) is 0 Å². The quantitative estimate of drug-likeness (QED) is 0.705. The van der Waals surface area contributed by atoms with Crippen LogP contribution in [0, 0.1) is 11.3 Å². The van der Waals surface area contributed by atoms with Gasteiger partial charge in [-0.1, -0.05) is 45.9 Å². The smallest absolute Gasteiger partial charge is 0.116 e. The number of epoxide rings is 1. The average molecular weight is 248 g/mol. The molecule has 1 aliphatic heterocycles. The topological polar surface area (TPSA) is 21.8 Å². The lowest BCUT2D eigenvalue weighted by Gasteiger charge is -2.35. The Labute approximate surface area is 110 Å². The molecule has 2 nitrogen and oxygen atoms in total. The fourth-order valence-electron chi connectivity index (χ4n) is 2.44. The van der Waals surface area contributed by atoms with E-state index in [9.17, 15) is 0 Å². The summed E-state index contributed by atoms with van der Waals surface area (Å²) < 4.78 is 11.2. The predicted molar refractivity (Wildman–Crippen MR) is 74.2 cm³/mol. The van der Waals surface area contributed by atoms with E-state index < -0.39 is 0 Å². The molecule has 2 atom stereocenters. The van der Waals surface area contributed by atoms with Gasteiger partial charge in [0, 0.05) is 5.92 Å². The van der Waals surface area contributed by atoms with Crippen LogP contribution in [0.25, 0.3) is 0 Å². The lowest BCUT2D eigenvalue weighted by molar-refractivity contribution is 0.129. The molecule has 2 unspecified atom stereocenters. The molecule has 2 aliphatic rings. The van der Waals surface area contributed by atoms with E-state index in [-0.39, 0.29) is 5.41 Å². The standard InChI is InChI=1S/C16H24O2/c1-5-7-12-8-6-9-14(15(12)16(2,3)4)18-11-13-10-17-13/h6-9,13,15H,5,10-11H2,1-4H3. The summed E-state index contributed by atoms with van der Waals surface area (Å²) in [4.78, 5) is 0. The molecule has 1 saturated heterocycles. The summed E-state index contributed by atoms with van der Waals surface area (Å²) in [5.74, 6) is 1.43. The van der Waals surface area contributed by atoms with Crippen molar-refractivity contribution in [1.29, 1.82) is 0 Å². The fraction of sp³-hybridized carbons (Fsp3) is 0.625. The monoisotopic (exact) mass is 248 g/mol. The van der Waals surface area contributed by atoms with E-state index in [2.05, 4.69) is 52.0 Å². The molecule has 1 heterocycles. The second kappa shape index (κ2) is 5.31. The minimum atomic E-state index is 0.169. The highest BCUT2D eigenvalue weighted by atomic mass is 16.6. The Bertz CT molecular complexity index is 378. The van der Waals surface area contributed by atoms with Gasteiger partial charge in [-0.15, -0.1) is 0 Å². The number of allylic oxidation sites excluding steroid dienone is 5. The molecular formula is C16H24O2. The fourth-order valence-corrected chi connectivity index (χ4v) is 2.44. The van der Waals surface area contributed by atoms with Crippen LogP contribution in [-0.4, -0.2) is 19.3 Å². The Hall–Kier alpha value is -1.02. The van der Waals surface area contributed by atoms with Crippen LogP contribution < -0.4 is 0 Å². The number of hydrogen-bond donors (Lipinski definition) is 0. The molecule has 1 aliphatic carbocycles. The Morgan fingerprint density at radius 2 is 2.17 bits per heavy atom. The van der Waals surface area contributed by atoms with Crippen LogP contribution in [0.5, 0.6) is 0 Å². The molecule has 0 amide bonds. The Balaban J connectivity index is 2.15. The molecule has 1 fully saturated rings. The molecule has 0 spiro atoms. The van der Waals surface area contributed by atoms with Gasteiger partial charge < -0.3 is 9.47 Å². The molecule has 0 radical (unpaired) electrons. The van der Waals surface area contributed by atoms with Crippen LogP contribution in [0.1, 0.15) is 34.1 Å². The molecule has 2 heteroatoms. The third-order valence-corrected chi connectivity index (χ3v) is 3.31. The maximum absolute atomic E-state index is 5.97. The Morgan fingerprint density at radius 1 is 1.44 bits per heavy atom. The molecule has 0 saturated carbocycles. The molecule has 0 N–H and O–H groups in total. The van der Waals surface area contributed by atoms with Gasteiger partial charge in [-0.2, -0.15) is 0 Å². The summed E-state index contributed by atoms with van der Waals surface area (Å²) >= 11 is 0. The van der Waals surface area contributed by atoms with Crippen LogP contribution in [0.15, 0.2) is 35.6 Å². The number of rotatable bonds is 4. The van der Waals surface area contributed by atoms with Crippen LogP contribution in [0.3, 0.4) is 0 Å². The normalized spacial score (nSPS) is 29.3. The number of hydrogen-bond acceptors (Lipinski definition) is 2. The zero-order valence-corrected chi connectivity index (χ0v) is 11.9. The molecule has 100 valence electrons. The highest BCUT2D eigenvalue weighted by Crippen LogP contribution is 2.41. The van der Waals surface area contributed by atoms with E-state index in [1.54, 1.807) is 0 Å². The van der Waals surface area contributed by atoms with Gasteiger partial charge in [0.05, 0.1) is 6.61 Å². The van der Waals surface area contributed by atoms with Gasteiger partial charge in [-0.3, -0.25) is 0 Å². The third-order valence-electron chi connectivity index (χ3n) is 3.31. The van der Waals surface area contributed by atoms with Crippen LogP contribution in [-0.2, 0) is 9.47 Å². The predicted octanol–water partition coefficient (Wildman–Crippen LogP) is 3.85. The van der Waals surface area contributed by atoms with Gasteiger partial charge in [0.2, 0.25) is 0 Å². The van der Waals surface area contributed by atoms with Gasteiger partial charge in [-0.25, -0.2) is 0 Å². The molecule has 0 bridgehead atoms. The lowest BCUT2D eigenvalue weighted by atomic mass is 9.73. The molecular weight excluding hydrogens is 224 g/mol. The highest BCUT2D eigenvalue weighted by Gasteiger charge is 2.34. The SMILES string of the molecule is CCC=C1C=CC=C(OCC2CO2)C1C(C)(C)C. The minimum Gasteiger partial charge on any atom is -0.494 e. The first-order valence-corrected chi connectivity index (χ1v) is 6.85. The first-order valence-electron chi connectivity index (χ1n) is 6.85. The summed E-state index contributed by atoms with van der Waals surface area (Å²) in [6.07, 6.45) is 10.1. The average Bonchev–Trinajstić information content (AvgIpc) is 3.09. The maximum Gasteiger partial charge on any atom is 0.116 e. The summed E-state index contributed by atoms with van der Waals surface area (Å²) in [5, 5.41) is 0. The summed E-state index contributed by atoms with van der Waals surface area (Å²) in [6, 6.07) is 0. The zero-order valence-electron chi connectivity index (χ0n) is 11.9. The van der Waals surface area contributed by atoms with Crippen molar-refractivity contribution in [2.24, 2.45) is 11.3 Å². The van der Waals surface area contributed by atoms with Crippen LogP contribution >= 0.6 is 0 Å². The second-order valence-corrected chi connectivity index (χ2v) is 6.11. The van der Waals surface area contributed by atoms with Crippen LogP contribution in [0.4, 0.5) is 0 Å². The van der Waals surface area contributed by atoms with Crippen molar-refractivity contribution in [2.75, 3.05) is 13.2 Å². The van der Waals surface area contributed by atoms with Gasteiger partial charge in [0.15, 0.2) is 0 Å². The molecule has 2 rings (SSSR count). The van der Waals surface area contributed by atoms with Gasteiger partial charge in [0.1, 0.15) is 18.5 Å². The van der Waals surface area contributed by atoms with Crippen LogP contribution in [0.2, 0.25) is 0 Å². The second-order valence-electron chi connectivity index (χ2n) is 6.11. The Kier molecular flexibility index (Phi) is 3.96. The third kappa shape index (κ3) is 3.26. The van der Waals surface area contributed by atoms with Crippen molar-refractivity contribution < 1.29 is 9.47 Å². The highest BCUT2D eigenvalue weighted by molar-refractivity contribution is 5.37. The van der Waals surface area contributed by atoms with E-state index in [0.717, 1.165) is 18.8 Å². The zero-order chi connectivity index (χ0) is 13.2. The van der Waals surface area contributed by atoms with Gasteiger partial charge in [0.25, 0.3) is 0 Å². The van der Waals surface area contributed by atoms with Crippen molar-refractivity contribution in [3.05, 3.63) is 35.6 Å². The van der Waals surface area contributed by atoms with Crippen molar-refractivity contribution in [2.45, 2.75) is 40.2 Å². The van der Waals surface area contributed by atoms with E-state index in [1.807, 2.05) is 0 Å². The summed E-state index contributed by atoms with van der Waals surface area (Å²) in [6.45, 7) is 10.5. The molecule has 0 aromatic carbocycles. The van der Waals surface area contributed by atoms with Crippen molar-refractivity contribution in [3.8, 4) is 0 Å². The van der Waals surface area contributed by atoms with Gasteiger partial charge in [-0.05, 0) is 23.5 Å². The lowest BCUT2D eigenvalue weighted by Crippen LogP contribution is -2.27. The maximum atomic E-state index is 5.97. The van der Waals surface area contributed by atoms with E-state index >= 15 is 0 Å². The first-order chi connectivity index (χ1) is 8.52. The Morgan fingerprint density at radius 3 is 2.72 bits per heavy atom. The molecule has 0 aromatic heterocycles. The number of ether oxygens (including phenoxy) is 2. The van der Waals surface area contributed by atoms with E-state index in [1.165, 1.54) is 5.57 Å².